The lowest BCUT2D eigenvalue weighted by Crippen LogP contribution is -2.24. The van der Waals surface area contributed by atoms with Crippen LogP contribution in [0.4, 0.5) is 5.69 Å². The van der Waals surface area contributed by atoms with Gasteiger partial charge in [-0.3, -0.25) is 14.3 Å². The monoisotopic (exact) mass is 516 g/mol. The molecule has 1 saturated heterocycles. The molecule has 37 heavy (non-hydrogen) atoms. The maximum Gasteiger partial charge on any atom is 0.228 e. The minimum Gasteiger partial charge on any atom is -0.324 e. The Labute approximate surface area is 220 Å². The molecule has 1 N–H and O–H groups in total. The van der Waals surface area contributed by atoms with Crippen LogP contribution in [0.25, 0.3) is 5.69 Å². The number of Topliss-reactive ketones (excluding diaryl/α,β-unsaturated/α-hetero) is 1. The molecular formula is C28H29ClN6O2. The predicted octanol–water partition coefficient (Wildman–Crippen LogP) is 4.42. The Balaban J connectivity index is 1.18. The molecule has 3 heterocycles. The number of para-hydroxylation sites is 1. The Morgan fingerprint density at radius 1 is 0.892 bits per heavy atom. The summed E-state index contributed by atoms with van der Waals surface area (Å²) in [6.45, 7) is 4.15. The number of likely N-dealkylation sites (tertiary alicyclic amines) is 1. The molecule has 4 aromatic rings. The van der Waals surface area contributed by atoms with Crippen LogP contribution in [0.5, 0.6) is 0 Å². The number of carbonyl (C=O) groups is 2. The molecule has 5 rings (SSSR count). The van der Waals surface area contributed by atoms with Gasteiger partial charge in [-0.25, -0.2) is 4.68 Å². The summed E-state index contributed by atoms with van der Waals surface area (Å²) in [4.78, 5) is 27.9. The molecule has 0 bridgehead atoms. The van der Waals surface area contributed by atoms with Gasteiger partial charge in [-0.1, -0.05) is 35.9 Å². The van der Waals surface area contributed by atoms with E-state index in [1.54, 1.807) is 35.4 Å². The van der Waals surface area contributed by atoms with Crippen LogP contribution in [0.2, 0.25) is 5.02 Å². The van der Waals surface area contributed by atoms with Crippen molar-refractivity contribution in [1.29, 1.82) is 0 Å². The SMILES string of the molecule is O=C(Cc1cnn(-c2cccc(C(=O)Cc3cnn(CCN4CCCC4)c3)c2)c1)Nc1ccccc1Cl. The fourth-order valence-corrected chi connectivity index (χ4v) is 4.70. The van der Waals surface area contributed by atoms with Crippen LogP contribution in [-0.4, -0.2) is 55.8 Å². The van der Waals surface area contributed by atoms with E-state index in [2.05, 4.69) is 20.4 Å². The molecule has 2 aromatic carbocycles. The van der Waals surface area contributed by atoms with Crippen LogP contribution in [0.3, 0.4) is 0 Å². The number of benzene rings is 2. The maximum absolute atomic E-state index is 13.0. The lowest BCUT2D eigenvalue weighted by Gasteiger charge is -2.13. The van der Waals surface area contributed by atoms with Gasteiger partial charge in [-0.2, -0.15) is 10.2 Å². The van der Waals surface area contributed by atoms with Gasteiger partial charge in [-0.05, 0) is 61.3 Å². The van der Waals surface area contributed by atoms with Gasteiger partial charge in [0.05, 0.1) is 41.8 Å². The molecule has 1 aliphatic heterocycles. The Kier molecular flexibility index (Phi) is 7.77. The molecule has 0 atom stereocenters. The highest BCUT2D eigenvalue weighted by Crippen LogP contribution is 2.21. The third kappa shape index (κ3) is 6.53. The van der Waals surface area contributed by atoms with Gasteiger partial charge in [-0.15, -0.1) is 0 Å². The quantitative estimate of drug-likeness (QED) is 0.315. The van der Waals surface area contributed by atoms with Gasteiger partial charge in [0.1, 0.15) is 0 Å². The second-order valence-electron chi connectivity index (χ2n) is 9.31. The average Bonchev–Trinajstić information content (AvgIpc) is 3.67. The number of anilines is 1. The molecule has 9 heteroatoms. The lowest BCUT2D eigenvalue weighted by atomic mass is 10.0. The molecule has 0 unspecified atom stereocenters. The number of aromatic nitrogens is 4. The number of nitrogens with one attached hydrogen (secondary N) is 1. The normalized spacial score (nSPS) is 13.6. The Hall–Kier alpha value is -3.75. The van der Waals surface area contributed by atoms with Crippen LogP contribution in [-0.2, 0) is 24.2 Å². The Morgan fingerprint density at radius 2 is 1.68 bits per heavy atom. The largest absolute Gasteiger partial charge is 0.324 e. The van der Waals surface area contributed by atoms with E-state index in [9.17, 15) is 9.59 Å². The van der Waals surface area contributed by atoms with Crippen molar-refractivity contribution >= 4 is 29.0 Å². The average molecular weight is 517 g/mol. The zero-order chi connectivity index (χ0) is 25.6. The summed E-state index contributed by atoms with van der Waals surface area (Å²) in [6.07, 6.45) is 10.2. The number of ketones is 1. The first-order valence-electron chi connectivity index (χ1n) is 12.5. The molecule has 190 valence electrons. The van der Waals surface area contributed by atoms with Crippen molar-refractivity contribution in [2.24, 2.45) is 0 Å². The van der Waals surface area contributed by atoms with Crippen molar-refractivity contribution in [2.45, 2.75) is 32.2 Å². The van der Waals surface area contributed by atoms with Gasteiger partial charge >= 0.3 is 0 Å². The van der Waals surface area contributed by atoms with Crippen molar-refractivity contribution in [3.63, 3.8) is 0 Å². The highest BCUT2D eigenvalue weighted by atomic mass is 35.5. The van der Waals surface area contributed by atoms with Gasteiger partial charge in [0.25, 0.3) is 0 Å². The number of nitrogens with zero attached hydrogens (tertiary/aromatic N) is 5. The summed E-state index contributed by atoms with van der Waals surface area (Å²) in [5, 5.41) is 12.1. The van der Waals surface area contributed by atoms with Gasteiger partial charge in [0, 0.05) is 30.9 Å². The minimum absolute atomic E-state index is 0.0208. The second kappa shape index (κ2) is 11.5. The Bertz CT molecular complexity index is 1390. The van der Waals surface area contributed by atoms with E-state index in [1.807, 2.05) is 47.3 Å². The topological polar surface area (TPSA) is 85.0 Å². The van der Waals surface area contributed by atoms with Crippen LogP contribution in [0.15, 0.2) is 73.3 Å². The number of halogens is 1. The van der Waals surface area contributed by atoms with E-state index in [0.717, 1.165) is 43.0 Å². The molecule has 1 fully saturated rings. The molecular weight excluding hydrogens is 488 g/mol. The number of rotatable bonds is 10. The summed E-state index contributed by atoms with van der Waals surface area (Å²) in [6, 6.07) is 14.5. The van der Waals surface area contributed by atoms with Crippen molar-refractivity contribution in [3.05, 3.63) is 95.0 Å². The molecule has 0 radical (unpaired) electrons. The number of hydrogen-bond acceptors (Lipinski definition) is 5. The fraction of sp³-hybridized carbons (Fsp3) is 0.286. The molecule has 1 amide bonds. The lowest BCUT2D eigenvalue weighted by molar-refractivity contribution is -0.115. The first kappa shape index (κ1) is 24.9. The summed E-state index contributed by atoms with van der Waals surface area (Å²) >= 11 is 6.12. The number of hydrogen-bond donors (Lipinski definition) is 1. The van der Waals surface area contributed by atoms with Gasteiger partial charge in [0.2, 0.25) is 5.91 Å². The molecule has 0 aliphatic carbocycles. The third-order valence-corrected chi connectivity index (χ3v) is 6.81. The first-order valence-corrected chi connectivity index (χ1v) is 12.9. The second-order valence-corrected chi connectivity index (χ2v) is 9.72. The first-order chi connectivity index (χ1) is 18.0. The summed E-state index contributed by atoms with van der Waals surface area (Å²) in [5.41, 5.74) is 3.59. The van der Waals surface area contributed by atoms with Crippen molar-refractivity contribution < 1.29 is 9.59 Å². The maximum atomic E-state index is 13.0. The molecule has 1 aliphatic rings. The molecule has 0 saturated carbocycles. The van der Waals surface area contributed by atoms with Crippen molar-refractivity contribution in [2.75, 3.05) is 25.0 Å². The van der Waals surface area contributed by atoms with E-state index in [-0.39, 0.29) is 18.1 Å². The Morgan fingerprint density at radius 3 is 2.51 bits per heavy atom. The van der Waals surface area contributed by atoms with Gasteiger partial charge < -0.3 is 10.2 Å². The van der Waals surface area contributed by atoms with Crippen molar-refractivity contribution in [1.82, 2.24) is 24.5 Å². The van der Waals surface area contributed by atoms with Crippen molar-refractivity contribution in [3.8, 4) is 5.69 Å². The van der Waals surface area contributed by atoms with Gasteiger partial charge in [0.15, 0.2) is 5.78 Å². The summed E-state index contributed by atoms with van der Waals surface area (Å²) in [5.74, 6) is -0.162. The minimum atomic E-state index is -0.183. The number of amides is 1. The predicted molar refractivity (Wildman–Crippen MR) is 143 cm³/mol. The standard InChI is InChI=1S/C28H29ClN6O2/c29-25-8-1-2-9-26(25)32-28(37)15-22-18-31-35(20-22)24-7-5-6-23(16-24)27(36)14-21-17-30-34(19-21)13-12-33-10-3-4-11-33/h1-2,5-9,16-20H,3-4,10-15H2,(H,32,37). The van der Waals surface area contributed by atoms with E-state index in [4.69, 9.17) is 11.6 Å². The van der Waals surface area contributed by atoms with Crippen LogP contribution >= 0.6 is 11.6 Å². The third-order valence-electron chi connectivity index (χ3n) is 6.48. The zero-order valence-electron chi connectivity index (χ0n) is 20.5. The summed E-state index contributed by atoms with van der Waals surface area (Å²) < 4.78 is 3.59. The highest BCUT2D eigenvalue weighted by molar-refractivity contribution is 6.33. The van der Waals surface area contributed by atoms with Crippen LogP contribution in [0.1, 0.15) is 34.3 Å². The highest BCUT2D eigenvalue weighted by Gasteiger charge is 2.14. The van der Waals surface area contributed by atoms with E-state index < -0.39 is 0 Å². The molecule has 8 nitrogen and oxygen atoms in total. The van der Waals surface area contributed by atoms with E-state index in [1.165, 1.54) is 12.8 Å². The van der Waals surface area contributed by atoms with E-state index >= 15 is 0 Å². The molecule has 2 aromatic heterocycles. The zero-order valence-corrected chi connectivity index (χ0v) is 21.3. The summed E-state index contributed by atoms with van der Waals surface area (Å²) in [7, 11) is 0. The molecule has 0 spiro atoms. The fourth-order valence-electron chi connectivity index (χ4n) is 4.51. The number of carbonyl (C=O) groups excluding carboxylic acids is 2. The van der Waals surface area contributed by atoms with Crippen LogP contribution in [0, 0.1) is 0 Å². The smallest absolute Gasteiger partial charge is 0.228 e. The van der Waals surface area contributed by atoms with E-state index in [0.29, 0.717) is 22.7 Å². The van der Waals surface area contributed by atoms with Crippen LogP contribution < -0.4 is 5.32 Å².